The average molecular weight is 420 g/mol. The van der Waals surface area contributed by atoms with Gasteiger partial charge in [0.15, 0.2) is 0 Å². The van der Waals surface area contributed by atoms with Crippen LogP contribution < -0.4 is 9.75 Å². The first-order valence-corrected chi connectivity index (χ1v) is 10.4. The maximum Gasteiger partial charge on any atom is 0.280 e. The van der Waals surface area contributed by atoms with Crippen LogP contribution in [0.25, 0.3) is 10.2 Å². The Hall–Kier alpha value is -3.45. The van der Waals surface area contributed by atoms with Crippen LogP contribution >= 0.6 is 11.3 Å². The molecule has 152 valence electrons. The molecular formula is C23H21N3O3S. The Bertz CT molecular complexity index is 1180. The van der Waals surface area contributed by atoms with Crippen LogP contribution in [0.5, 0.6) is 5.75 Å². The van der Waals surface area contributed by atoms with E-state index in [1.165, 1.54) is 22.6 Å². The number of fused-ring (bicyclic) bond motifs is 1. The molecule has 0 aliphatic carbocycles. The summed E-state index contributed by atoms with van der Waals surface area (Å²) in [6, 6.07) is 16.5. The molecule has 7 heteroatoms. The van der Waals surface area contributed by atoms with Gasteiger partial charge >= 0.3 is 0 Å². The third-order valence-electron chi connectivity index (χ3n) is 4.22. The minimum atomic E-state index is -0.287. The minimum absolute atomic E-state index is 0.0622. The Labute approximate surface area is 178 Å². The molecule has 0 aliphatic rings. The van der Waals surface area contributed by atoms with Gasteiger partial charge in [-0.2, -0.15) is 10.1 Å². The second kappa shape index (κ2) is 8.51. The fraction of sp³-hybridized carbons (Fsp3) is 0.174. The summed E-state index contributed by atoms with van der Waals surface area (Å²) in [6.45, 7) is 5.94. The van der Waals surface area contributed by atoms with Crippen LogP contribution in [-0.2, 0) is 0 Å². The SMILES string of the molecule is Cc1ccc2nc(N(/N=C\c3ccco3)C(=O)c3ccc(OC(C)C)cc3)sc2c1. The molecule has 4 aromatic rings. The van der Waals surface area contributed by atoms with E-state index in [0.717, 1.165) is 15.8 Å². The van der Waals surface area contributed by atoms with E-state index < -0.39 is 0 Å². The summed E-state index contributed by atoms with van der Waals surface area (Å²) < 4.78 is 12.0. The van der Waals surface area contributed by atoms with E-state index in [9.17, 15) is 4.79 Å². The lowest BCUT2D eigenvalue weighted by atomic mass is 10.2. The fourth-order valence-electron chi connectivity index (χ4n) is 2.85. The monoisotopic (exact) mass is 419 g/mol. The number of rotatable bonds is 6. The lowest BCUT2D eigenvalue weighted by molar-refractivity contribution is 0.0988. The highest BCUT2D eigenvalue weighted by Crippen LogP contribution is 2.31. The predicted octanol–water partition coefficient (Wildman–Crippen LogP) is 5.67. The predicted molar refractivity (Wildman–Crippen MR) is 120 cm³/mol. The normalized spacial score (nSPS) is 11.5. The summed E-state index contributed by atoms with van der Waals surface area (Å²) in [4.78, 5) is 17.9. The van der Waals surface area contributed by atoms with Crippen LogP contribution in [0, 0.1) is 6.92 Å². The molecule has 0 aliphatic heterocycles. The second-order valence-electron chi connectivity index (χ2n) is 7.04. The molecule has 30 heavy (non-hydrogen) atoms. The first kappa shape index (κ1) is 19.8. The lowest BCUT2D eigenvalue weighted by Crippen LogP contribution is -2.25. The Kier molecular flexibility index (Phi) is 5.63. The Morgan fingerprint density at radius 2 is 2.00 bits per heavy atom. The summed E-state index contributed by atoms with van der Waals surface area (Å²) in [6.07, 6.45) is 3.12. The number of carbonyl (C=O) groups is 1. The van der Waals surface area contributed by atoms with Gasteiger partial charge in [0, 0.05) is 5.56 Å². The number of ether oxygens (including phenoxy) is 1. The number of aryl methyl sites for hydroxylation is 1. The molecule has 2 aromatic heterocycles. The zero-order valence-corrected chi connectivity index (χ0v) is 17.7. The van der Waals surface area contributed by atoms with E-state index in [4.69, 9.17) is 9.15 Å². The van der Waals surface area contributed by atoms with E-state index >= 15 is 0 Å². The van der Waals surface area contributed by atoms with Gasteiger partial charge in [0.05, 0.1) is 28.8 Å². The summed E-state index contributed by atoms with van der Waals surface area (Å²) in [5.41, 5.74) is 2.45. The van der Waals surface area contributed by atoms with E-state index in [-0.39, 0.29) is 12.0 Å². The van der Waals surface area contributed by atoms with Crippen molar-refractivity contribution in [2.75, 3.05) is 5.01 Å². The average Bonchev–Trinajstić information content (AvgIpc) is 3.37. The van der Waals surface area contributed by atoms with Crippen molar-refractivity contribution in [3.8, 4) is 5.75 Å². The largest absolute Gasteiger partial charge is 0.491 e. The number of hydrogen-bond donors (Lipinski definition) is 0. The van der Waals surface area contributed by atoms with Gasteiger partial charge in [-0.1, -0.05) is 17.4 Å². The first-order valence-electron chi connectivity index (χ1n) is 9.55. The van der Waals surface area contributed by atoms with E-state index in [0.29, 0.717) is 22.2 Å². The number of aromatic nitrogens is 1. The van der Waals surface area contributed by atoms with Gasteiger partial charge in [0.2, 0.25) is 5.13 Å². The molecule has 0 radical (unpaired) electrons. The van der Waals surface area contributed by atoms with Crippen LogP contribution in [0.4, 0.5) is 5.13 Å². The molecule has 0 N–H and O–H groups in total. The molecule has 2 heterocycles. The maximum absolute atomic E-state index is 13.3. The molecule has 0 fully saturated rings. The van der Waals surface area contributed by atoms with Gasteiger partial charge in [-0.05, 0) is 74.9 Å². The molecule has 0 saturated heterocycles. The number of amides is 1. The van der Waals surface area contributed by atoms with Gasteiger partial charge in [0.1, 0.15) is 11.5 Å². The molecule has 1 amide bonds. The third kappa shape index (κ3) is 4.41. The van der Waals surface area contributed by atoms with Crippen LogP contribution in [0.15, 0.2) is 70.4 Å². The second-order valence-corrected chi connectivity index (χ2v) is 8.04. The highest BCUT2D eigenvalue weighted by atomic mass is 32.1. The zero-order valence-electron chi connectivity index (χ0n) is 16.9. The van der Waals surface area contributed by atoms with E-state index in [1.807, 2.05) is 39.0 Å². The molecule has 0 unspecified atom stereocenters. The summed E-state index contributed by atoms with van der Waals surface area (Å²) >= 11 is 1.42. The fourth-order valence-corrected chi connectivity index (χ4v) is 3.87. The highest BCUT2D eigenvalue weighted by molar-refractivity contribution is 7.22. The quantitative estimate of drug-likeness (QED) is 0.298. The zero-order chi connectivity index (χ0) is 21.1. The van der Waals surface area contributed by atoms with Gasteiger partial charge in [-0.15, -0.1) is 0 Å². The van der Waals surface area contributed by atoms with Gasteiger partial charge < -0.3 is 9.15 Å². The number of thiazole rings is 1. The minimum Gasteiger partial charge on any atom is -0.491 e. The van der Waals surface area contributed by atoms with Gasteiger partial charge in [-0.3, -0.25) is 4.79 Å². The molecule has 6 nitrogen and oxygen atoms in total. The molecule has 0 atom stereocenters. The van der Waals surface area contributed by atoms with Crippen molar-refractivity contribution in [3.05, 3.63) is 77.7 Å². The number of benzene rings is 2. The third-order valence-corrected chi connectivity index (χ3v) is 5.22. The molecule has 4 rings (SSSR count). The van der Waals surface area contributed by atoms with Crippen molar-refractivity contribution >= 4 is 38.8 Å². The number of hydrogen-bond acceptors (Lipinski definition) is 6. The van der Waals surface area contributed by atoms with Crippen LogP contribution in [0.1, 0.15) is 35.5 Å². The van der Waals surface area contributed by atoms with E-state index in [2.05, 4.69) is 10.1 Å². The van der Waals surface area contributed by atoms with Crippen molar-refractivity contribution in [2.45, 2.75) is 26.9 Å². The maximum atomic E-state index is 13.3. The summed E-state index contributed by atoms with van der Waals surface area (Å²) in [5.74, 6) is 0.970. The Morgan fingerprint density at radius 1 is 1.20 bits per heavy atom. The van der Waals surface area contributed by atoms with Crippen LogP contribution in [0.3, 0.4) is 0 Å². The molecule has 0 saturated carbocycles. The number of hydrazone groups is 1. The number of anilines is 1. The number of carbonyl (C=O) groups excluding carboxylic acids is 1. The van der Waals surface area contributed by atoms with Crippen molar-refractivity contribution in [1.29, 1.82) is 0 Å². The standard InChI is InChI=1S/C23H21N3O3S/c1-15(2)29-18-9-7-17(8-10-18)22(27)26(24-14-19-5-4-12-28-19)23-25-20-11-6-16(3)13-21(20)30-23/h4-15H,1-3H3/b24-14-. The lowest BCUT2D eigenvalue weighted by Gasteiger charge is -2.14. The summed E-state index contributed by atoms with van der Waals surface area (Å²) in [5, 5.41) is 6.18. The number of nitrogens with zero attached hydrogens (tertiary/aromatic N) is 3. The number of furan rings is 1. The smallest absolute Gasteiger partial charge is 0.280 e. The molecular weight excluding hydrogens is 398 g/mol. The van der Waals surface area contributed by atoms with Gasteiger partial charge in [0.25, 0.3) is 5.91 Å². The topological polar surface area (TPSA) is 67.9 Å². The van der Waals surface area contributed by atoms with Crippen molar-refractivity contribution in [3.63, 3.8) is 0 Å². The van der Waals surface area contributed by atoms with Crippen molar-refractivity contribution in [1.82, 2.24) is 4.98 Å². The highest BCUT2D eigenvalue weighted by Gasteiger charge is 2.21. The van der Waals surface area contributed by atoms with Crippen molar-refractivity contribution in [2.24, 2.45) is 5.10 Å². The summed E-state index contributed by atoms with van der Waals surface area (Å²) in [7, 11) is 0. The van der Waals surface area contributed by atoms with Crippen LogP contribution in [-0.4, -0.2) is 23.2 Å². The first-order chi connectivity index (χ1) is 14.5. The van der Waals surface area contributed by atoms with Crippen molar-refractivity contribution < 1.29 is 13.9 Å². The molecule has 0 bridgehead atoms. The molecule has 2 aromatic carbocycles. The Balaban J connectivity index is 1.69. The molecule has 0 spiro atoms. The Morgan fingerprint density at radius 3 is 2.70 bits per heavy atom. The van der Waals surface area contributed by atoms with Crippen LogP contribution in [0.2, 0.25) is 0 Å². The van der Waals surface area contributed by atoms with Gasteiger partial charge in [-0.25, -0.2) is 4.98 Å². The van der Waals surface area contributed by atoms with E-state index in [1.54, 1.807) is 42.7 Å².